The third-order valence-electron chi connectivity index (χ3n) is 1.56. The standard InChI is InChI=1S/C7H12N4OS2/c1-4(6(12)10-8)3-13-7-9-5(2)11-14-7/h4H,3,8H2,1-2H3,(H,10,12). The fraction of sp³-hybridized carbons (Fsp3) is 0.571. The van der Waals surface area contributed by atoms with Crippen molar-refractivity contribution >= 4 is 29.2 Å². The summed E-state index contributed by atoms with van der Waals surface area (Å²) >= 11 is 2.87. The van der Waals surface area contributed by atoms with Gasteiger partial charge >= 0.3 is 0 Å². The van der Waals surface area contributed by atoms with Crippen LogP contribution < -0.4 is 11.3 Å². The Labute approximate surface area is 90.6 Å². The summed E-state index contributed by atoms with van der Waals surface area (Å²) in [5, 5.41) is 0. The van der Waals surface area contributed by atoms with Crippen LogP contribution in [0.4, 0.5) is 0 Å². The number of nitrogens with two attached hydrogens (primary N) is 1. The van der Waals surface area contributed by atoms with Crippen LogP contribution in [0.2, 0.25) is 0 Å². The monoisotopic (exact) mass is 232 g/mol. The molecular formula is C7H12N4OS2. The van der Waals surface area contributed by atoms with Gasteiger partial charge in [-0.2, -0.15) is 4.37 Å². The van der Waals surface area contributed by atoms with Crippen LogP contribution in [-0.4, -0.2) is 21.0 Å². The molecule has 0 aromatic carbocycles. The SMILES string of the molecule is Cc1nsc(SCC(C)C(=O)NN)n1. The van der Waals surface area contributed by atoms with Crippen LogP contribution in [0.15, 0.2) is 4.34 Å². The minimum absolute atomic E-state index is 0.116. The van der Waals surface area contributed by atoms with Gasteiger partial charge in [0.15, 0.2) is 4.34 Å². The summed E-state index contributed by atoms with van der Waals surface area (Å²) in [5.41, 5.74) is 2.12. The van der Waals surface area contributed by atoms with E-state index in [4.69, 9.17) is 5.84 Å². The number of amides is 1. The molecule has 0 radical (unpaired) electrons. The summed E-state index contributed by atoms with van der Waals surface area (Å²) in [4.78, 5) is 15.2. The van der Waals surface area contributed by atoms with Crippen molar-refractivity contribution in [2.45, 2.75) is 18.2 Å². The number of hydrazine groups is 1. The molecule has 1 amide bonds. The highest BCUT2D eigenvalue weighted by Crippen LogP contribution is 2.22. The lowest BCUT2D eigenvalue weighted by Crippen LogP contribution is -2.35. The molecule has 78 valence electrons. The van der Waals surface area contributed by atoms with Crippen molar-refractivity contribution in [1.29, 1.82) is 0 Å². The molecule has 0 fully saturated rings. The molecule has 1 heterocycles. The van der Waals surface area contributed by atoms with E-state index in [0.29, 0.717) is 5.75 Å². The van der Waals surface area contributed by atoms with Crippen molar-refractivity contribution in [2.24, 2.45) is 11.8 Å². The van der Waals surface area contributed by atoms with Crippen molar-refractivity contribution in [3.63, 3.8) is 0 Å². The highest BCUT2D eigenvalue weighted by atomic mass is 32.2. The average molecular weight is 232 g/mol. The van der Waals surface area contributed by atoms with Crippen LogP contribution in [0, 0.1) is 12.8 Å². The molecule has 0 spiro atoms. The van der Waals surface area contributed by atoms with Crippen LogP contribution in [0.3, 0.4) is 0 Å². The molecule has 1 unspecified atom stereocenters. The summed E-state index contributed by atoms with van der Waals surface area (Å²) < 4.78 is 4.93. The lowest BCUT2D eigenvalue weighted by Gasteiger charge is -2.06. The first-order chi connectivity index (χ1) is 6.63. The maximum atomic E-state index is 11.1. The molecule has 0 bridgehead atoms. The second-order valence-corrected chi connectivity index (χ2v) is 4.85. The Morgan fingerprint density at radius 2 is 2.50 bits per heavy atom. The first-order valence-corrected chi connectivity index (χ1v) is 5.83. The third-order valence-corrected chi connectivity index (χ3v) is 3.74. The number of thioether (sulfide) groups is 1. The Morgan fingerprint density at radius 3 is 3.00 bits per heavy atom. The minimum atomic E-state index is -0.154. The van der Waals surface area contributed by atoms with Gasteiger partial charge in [-0.05, 0) is 18.5 Å². The molecule has 3 N–H and O–H groups in total. The van der Waals surface area contributed by atoms with E-state index in [2.05, 4.69) is 14.8 Å². The van der Waals surface area contributed by atoms with Crippen LogP contribution in [-0.2, 0) is 4.79 Å². The molecule has 7 heteroatoms. The summed E-state index contributed by atoms with van der Waals surface area (Å²) in [5.74, 6) is 6.18. The maximum Gasteiger partial charge on any atom is 0.237 e. The Morgan fingerprint density at radius 1 is 1.79 bits per heavy atom. The van der Waals surface area contributed by atoms with Crippen LogP contribution in [0.5, 0.6) is 0 Å². The van der Waals surface area contributed by atoms with Crippen molar-refractivity contribution in [2.75, 3.05) is 5.75 Å². The number of nitrogens with zero attached hydrogens (tertiary/aromatic N) is 2. The predicted molar refractivity (Wildman–Crippen MR) is 56.9 cm³/mol. The van der Waals surface area contributed by atoms with Gasteiger partial charge in [0.2, 0.25) is 5.91 Å². The summed E-state index contributed by atoms with van der Waals surface area (Å²) in [6, 6.07) is 0. The highest BCUT2D eigenvalue weighted by molar-refractivity contribution is 8.00. The zero-order valence-corrected chi connectivity index (χ0v) is 9.61. The van der Waals surface area contributed by atoms with E-state index in [9.17, 15) is 4.79 Å². The van der Waals surface area contributed by atoms with E-state index in [0.717, 1.165) is 10.2 Å². The van der Waals surface area contributed by atoms with Crippen molar-refractivity contribution in [3.05, 3.63) is 5.82 Å². The zero-order chi connectivity index (χ0) is 10.6. The normalized spacial score (nSPS) is 12.5. The Bertz CT molecular complexity index is 314. The van der Waals surface area contributed by atoms with Gasteiger partial charge in [-0.1, -0.05) is 18.7 Å². The summed E-state index contributed by atoms with van der Waals surface area (Å²) in [6.07, 6.45) is 0. The first kappa shape index (κ1) is 11.4. The zero-order valence-electron chi connectivity index (χ0n) is 7.98. The fourth-order valence-corrected chi connectivity index (χ4v) is 2.44. The van der Waals surface area contributed by atoms with E-state index in [-0.39, 0.29) is 11.8 Å². The second kappa shape index (κ2) is 5.28. The van der Waals surface area contributed by atoms with Gasteiger partial charge in [0.25, 0.3) is 0 Å². The van der Waals surface area contributed by atoms with E-state index in [1.807, 2.05) is 13.8 Å². The topological polar surface area (TPSA) is 80.9 Å². The number of hydrogen-bond acceptors (Lipinski definition) is 6. The fourth-order valence-electron chi connectivity index (χ4n) is 0.751. The van der Waals surface area contributed by atoms with E-state index < -0.39 is 0 Å². The molecule has 14 heavy (non-hydrogen) atoms. The number of aryl methyl sites for hydroxylation is 1. The number of rotatable bonds is 4. The van der Waals surface area contributed by atoms with Crippen molar-refractivity contribution in [3.8, 4) is 0 Å². The summed E-state index contributed by atoms with van der Waals surface area (Å²) in [6.45, 7) is 3.67. The molecule has 0 aliphatic heterocycles. The van der Waals surface area contributed by atoms with Gasteiger partial charge in [0.1, 0.15) is 5.82 Å². The molecule has 1 aromatic heterocycles. The smallest absolute Gasteiger partial charge is 0.237 e. The Hall–Kier alpha value is -0.660. The Kier molecular flexibility index (Phi) is 4.30. The van der Waals surface area contributed by atoms with Gasteiger partial charge in [-0.3, -0.25) is 10.2 Å². The minimum Gasteiger partial charge on any atom is -0.294 e. The van der Waals surface area contributed by atoms with E-state index in [1.54, 1.807) is 0 Å². The van der Waals surface area contributed by atoms with Gasteiger partial charge < -0.3 is 0 Å². The van der Waals surface area contributed by atoms with Crippen LogP contribution >= 0.6 is 23.3 Å². The number of nitrogens with one attached hydrogen (secondary N) is 1. The number of carbonyl (C=O) groups excluding carboxylic acids is 1. The largest absolute Gasteiger partial charge is 0.294 e. The van der Waals surface area contributed by atoms with Crippen molar-refractivity contribution < 1.29 is 4.79 Å². The number of hydrogen-bond donors (Lipinski definition) is 2. The maximum absolute atomic E-state index is 11.1. The molecule has 0 saturated heterocycles. The molecule has 0 saturated carbocycles. The lowest BCUT2D eigenvalue weighted by atomic mass is 10.2. The van der Waals surface area contributed by atoms with Gasteiger partial charge in [0, 0.05) is 11.7 Å². The quantitative estimate of drug-likeness (QED) is 0.343. The van der Waals surface area contributed by atoms with Gasteiger partial charge in [0.05, 0.1) is 0 Å². The number of carbonyl (C=O) groups is 1. The van der Waals surface area contributed by atoms with Crippen molar-refractivity contribution in [1.82, 2.24) is 14.8 Å². The Balaban J connectivity index is 2.37. The van der Waals surface area contributed by atoms with Gasteiger partial charge in [-0.25, -0.2) is 10.8 Å². The predicted octanol–water partition coefficient (Wildman–Crippen LogP) is 0.565. The first-order valence-electron chi connectivity index (χ1n) is 4.07. The molecule has 0 aliphatic rings. The molecule has 5 nitrogen and oxygen atoms in total. The van der Waals surface area contributed by atoms with E-state index >= 15 is 0 Å². The molecular weight excluding hydrogens is 220 g/mol. The molecule has 0 aliphatic carbocycles. The van der Waals surface area contributed by atoms with Crippen LogP contribution in [0.25, 0.3) is 0 Å². The molecule has 1 aromatic rings. The number of aromatic nitrogens is 2. The van der Waals surface area contributed by atoms with Gasteiger partial charge in [-0.15, -0.1) is 0 Å². The molecule has 1 atom stereocenters. The summed E-state index contributed by atoms with van der Waals surface area (Å²) in [7, 11) is 0. The highest BCUT2D eigenvalue weighted by Gasteiger charge is 2.12. The lowest BCUT2D eigenvalue weighted by molar-refractivity contribution is -0.123. The average Bonchev–Trinajstić information content (AvgIpc) is 2.59. The molecule has 1 rings (SSSR count). The third kappa shape index (κ3) is 3.24. The van der Waals surface area contributed by atoms with E-state index in [1.165, 1.54) is 23.3 Å². The van der Waals surface area contributed by atoms with Crippen LogP contribution in [0.1, 0.15) is 12.7 Å². The second-order valence-electron chi connectivity index (χ2n) is 2.83.